The predicted molar refractivity (Wildman–Crippen MR) is 93.2 cm³/mol. The van der Waals surface area contributed by atoms with Crippen LogP contribution < -0.4 is 11.2 Å². The summed E-state index contributed by atoms with van der Waals surface area (Å²) in [5.41, 5.74) is -0.666. The summed E-state index contributed by atoms with van der Waals surface area (Å²) in [7, 11) is 2.92. The highest BCUT2D eigenvalue weighted by molar-refractivity contribution is 7.98. The van der Waals surface area contributed by atoms with Crippen molar-refractivity contribution in [3.63, 3.8) is 0 Å². The molecule has 0 saturated carbocycles. The summed E-state index contributed by atoms with van der Waals surface area (Å²) in [5, 5.41) is 0.314. The second-order valence-corrected chi connectivity index (χ2v) is 6.71. The molecule has 0 atom stereocenters. The number of aryl methyl sites for hydroxylation is 1. The first-order valence-electron chi connectivity index (χ1n) is 7.54. The SMILES string of the molecule is Cn1c(=O)c2c(SCc3ccc(C(F)(F)F)cc3)ccnc2n(C)c1=O. The van der Waals surface area contributed by atoms with Gasteiger partial charge in [-0.05, 0) is 23.8 Å². The third-order valence-corrected chi connectivity index (χ3v) is 5.11. The number of rotatable bonds is 3. The van der Waals surface area contributed by atoms with Crippen molar-refractivity contribution in [3.05, 3.63) is 68.5 Å². The van der Waals surface area contributed by atoms with E-state index in [1.54, 1.807) is 6.07 Å². The van der Waals surface area contributed by atoms with Crippen LogP contribution in [-0.2, 0) is 26.0 Å². The normalized spacial score (nSPS) is 11.9. The number of pyridine rings is 1. The monoisotopic (exact) mass is 381 g/mol. The van der Waals surface area contributed by atoms with E-state index in [1.165, 1.54) is 48.8 Å². The molecule has 3 aromatic rings. The highest BCUT2D eigenvalue weighted by Crippen LogP contribution is 2.31. The van der Waals surface area contributed by atoms with E-state index in [2.05, 4.69) is 4.98 Å². The summed E-state index contributed by atoms with van der Waals surface area (Å²) >= 11 is 1.30. The highest BCUT2D eigenvalue weighted by Gasteiger charge is 2.29. The number of halogens is 3. The number of aromatic nitrogens is 3. The van der Waals surface area contributed by atoms with Crippen molar-refractivity contribution in [2.24, 2.45) is 14.1 Å². The van der Waals surface area contributed by atoms with Crippen molar-refractivity contribution in [1.29, 1.82) is 0 Å². The van der Waals surface area contributed by atoms with Gasteiger partial charge in [-0.2, -0.15) is 13.2 Å². The van der Waals surface area contributed by atoms with Crippen LogP contribution in [0.2, 0.25) is 0 Å². The lowest BCUT2D eigenvalue weighted by atomic mass is 10.1. The van der Waals surface area contributed by atoms with E-state index < -0.39 is 23.0 Å². The fourth-order valence-corrected chi connectivity index (χ4v) is 3.53. The van der Waals surface area contributed by atoms with Gasteiger partial charge in [-0.1, -0.05) is 12.1 Å². The Kier molecular flexibility index (Phi) is 4.66. The summed E-state index contributed by atoms with van der Waals surface area (Å²) < 4.78 is 40.2. The van der Waals surface area contributed by atoms with E-state index in [-0.39, 0.29) is 5.65 Å². The third kappa shape index (κ3) is 3.26. The quantitative estimate of drug-likeness (QED) is 0.655. The number of hydrogen-bond acceptors (Lipinski definition) is 4. The van der Waals surface area contributed by atoms with Gasteiger partial charge in [0.05, 0.1) is 10.9 Å². The fourth-order valence-electron chi connectivity index (χ4n) is 2.53. The summed E-state index contributed by atoms with van der Waals surface area (Å²) in [6.45, 7) is 0. The Morgan fingerprint density at radius 1 is 1.04 bits per heavy atom. The Hall–Kier alpha value is -2.55. The largest absolute Gasteiger partial charge is 0.416 e. The van der Waals surface area contributed by atoms with E-state index in [0.29, 0.717) is 21.6 Å². The van der Waals surface area contributed by atoms with Crippen LogP contribution in [0.1, 0.15) is 11.1 Å². The van der Waals surface area contributed by atoms with E-state index in [0.717, 1.165) is 16.7 Å². The molecule has 1 aromatic carbocycles. The molecule has 0 saturated heterocycles. The first kappa shape index (κ1) is 18.2. The number of alkyl halides is 3. The van der Waals surface area contributed by atoms with Gasteiger partial charge in [-0.25, -0.2) is 9.78 Å². The molecule has 2 heterocycles. The van der Waals surface area contributed by atoms with Gasteiger partial charge in [0, 0.05) is 30.9 Å². The maximum Gasteiger partial charge on any atom is 0.416 e. The van der Waals surface area contributed by atoms with Crippen LogP contribution in [0, 0.1) is 0 Å². The van der Waals surface area contributed by atoms with Gasteiger partial charge >= 0.3 is 11.9 Å². The Morgan fingerprint density at radius 3 is 2.31 bits per heavy atom. The van der Waals surface area contributed by atoms with Gasteiger partial charge in [0.25, 0.3) is 5.56 Å². The zero-order valence-corrected chi connectivity index (χ0v) is 14.7. The van der Waals surface area contributed by atoms with Crippen LogP contribution in [-0.4, -0.2) is 14.1 Å². The molecule has 0 radical (unpaired) electrons. The molecule has 9 heteroatoms. The Bertz CT molecular complexity index is 1090. The number of thioether (sulfide) groups is 1. The molecule has 0 amide bonds. The van der Waals surface area contributed by atoms with Gasteiger partial charge < -0.3 is 0 Å². The molecule has 0 spiro atoms. The van der Waals surface area contributed by atoms with Gasteiger partial charge in [-0.15, -0.1) is 11.8 Å². The summed E-state index contributed by atoms with van der Waals surface area (Å²) in [5.74, 6) is 0.378. The smallest absolute Gasteiger partial charge is 0.280 e. The lowest BCUT2D eigenvalue weighted by Crippen LogP contribution is -2.37. The summed E-state index contributed by atoms with van der Waals surface area (Å²) in [6, 6.07) is 6.54. The van der Waals surface area contributed by atoms with Gasteiger partial charge in [0.2, 0.25) is 0 Å². The molecule has 0 aliphatic rings. The molecular weight excluding hydrogens is 367 g/mol. The van der Waals surface area contributed by atoms with E-state index >= 15 is 0 Å². The minimum atomic E-state index is -4.37. The van der Waals surface area contributed by atoms with Crippen molar-refractivity contribution in [2.45, 2.75) is 16.8 Å². The van der Waals surface area contributed by atoms with Gasteiger partial charge in [0.1, 0.15) is 5.65 Å². The van der Waals surface area contributed by atoms with Crippen LogP contribution >= 0.6 is 11.8 Å². The molecule has 0 unspecified atom stereocenters. The number of fused-ring (bicyclic) bond motifs is 1. The van der Waals surface area contributed by atoms with Crippen LogP contribution in [0.5, 0.6) is 0 Å². The molecule has 0 N–H and O–H groups in total. The predicted octanol–water partition coefficient (Wildman–Crippen LogP) is 2.94. The molecule has 5 nitrogen and oxygen atoms in total. The van der Waals surface area contributed by atoms with E-state index in [1.807, 2.05) is 0 Å². The van der Waals surface area contributed by atoms with Crippen LogP contribution in [0.25, 0.3) is 11.0 Å². The first-order chi connectivity index (χ1) is 12.2. The molecule has 0 fully saturated rings. The third-order valence-electron chi connectivity index (χ3n) is 3.98. The molecule has 26 heavy (non-hydrogen) atoms. The van der Waals surface area contributed by atoms with E-state index in [9.17, 15) is 22.8 Å². The van der Waals surface area contributed by atoms with Gasteiger partial charge in [-0.3, -0.25) is 13.9 Å². The average molecular weight is 381 g/mol. The lowest BCUT2D eigenvalue weighted by molar-refractivity contribution is -0.137. The fraction of sp³-hybridized carbons (Fsp3) is 0.235. The zero-order chi connectivity index (χ0) is 19.1. The average Bonchev–Trinajstić information content (AvgIpc) is 2.62. The molecule has 3 rings (SSSR count). The van der Waals surface area contributed by atoms with Crippen molar-refractivity contribution in [1.82, 2.24) is 14.1 Å². The Balaban J connectivity index is 1.95. The Morgan fingerprint density at radius 2 is 1.69 bits per heavy atom. The lowest BCUT2D eigenvalue weighted by Gasteiger charge is -2.10. The van der Waals surface area contributed by atoms with Crippen molar-refractivity contribution in [2.75, 3.05) is 0 Å². The molecule has 0 bridgehead atoms. The molecule has 2 aromatic heterocycles. The maximum atomic E-state index is 12.6. The Labute approximate surface area is 150 Å². The molecule has 0 aliphatic carbocycles. The minimum Gasteiger partial charge on any atom is -0.280 e. The maximum absolute atomic E-state index is 12.6. The standard InChI is InChI=1S/C17H14F3N3O2S/c1-22-14-13(15(24)23(2)16(22)25)12(7-8-21-14)26-9-10-3-5-11(6-4-10)17(18,19)20/h3-8H,9H2,1-2H3. The van der Waals surface area contributed by atoms with Gasteiger partial charge in [0.15, 0.2) is 0 Å². The van der Waals surface area contributed by atoms with Crippen LogP contribution in [0.4, 0.5) is 13.2 Å². The van der Waals surface area contributed by atoms with Crippen LogP contribution in [0.3, 0.4) is 0 Å². The number of hydrogen-bond donors (Lipinski definition) is 0. The van der Waals surface area contributed by atoms with Crippen molar-refractivity contribution < 1.29 is 13.2 Å². The topological polar surface area (TPSA) is 56.9 Å². The highest BCUT2D eigenvalue weighted by atomic mass is 32.2. The summed E-state index contributed by atoms with van der Waals surface area (Å²) in [6.07, 6.45) is -2.87. The zero-order valence-electron chi connectivity index (χ0n) is 13.9. The molecule has 136 valence electrons. The molecule has 0 aliphatic heterocycles. The van der Waals surface area contributed by atoms with E-state index in [4.69, 9.17) is 0 Å². The number of nitrogens with zero attached hydrogens (tertiary/aromatic N) is 3. The van der Waals surface area contributed by atoms with Crippen molar-refractivity contribution >= 4 is 22.8 Å². The summed E-state index contributed by atoms with van der Waals surface area (Å²) in [4.78, 5) is 29.2. The molecular formula is C17H14F3N3O2S. The number of benzene rings is 1. The van der Waals surface area contributed by atoms with Crippen molar-refractivity contribution in [3.8, 4) is 0 Å². The van der Waals surface area contributed by atoms with Crippen LogP contribution in [0.15, 0.2) is 51.0 Å². The minimum absolute atomic E-state index is 0.274. The second kappa shape index (κ2) is 6.64. The second-order valence-electron chi connectivity index (χ2n) is 5.70. The first-order valence-corrected chi connectivity index (χ1v) is 8.52.